The van der Waals surface area contributed by atoms with Gasteiger partial charge in [0, 0.05) is 24.8 Å². The molecule has 0 radical (unpaired) electrons. The summed E-state index contributed by atoms with van der Waals surface area (Å²) in [4.78, 5) is 26.5. The fraction of sp³-hybridized carbons (Fsp3) is 0.188. The monoisotopic (exact) mass is 537 g/mol. The zero-order valence-corrected chi connectivity index (χ0v) is 21.9. The number of nitrogens with zero attached hydrogens (tertiary/aromatic N) is 1. The van der Waals surface area contributed by atoms with Gasteiger partial charge in [0.2, 0.25) is 0 Å². The van der Waals surface area contributed by atoms with E-state index in [1.54, 1.807) is 24.3 Å². The van der Waals surface area contributed by atoms with Crippen LogP contribution in [-0.4, -0.2) is 40.6 Å². The molecule has 4 aromatic rings. The Hall–Kier alpha value is -4.82. The van der Waals surface area contributed by atoms with E-state index in [1.165, 1.54) is 0 Å². The Kier molecular flexibility index (Phi) is 8.58. The summed E-state index contributed by atoms with van der Waals surface area (Å²) < 4.78 is 11.6. The predicted molar refractivity (Wildman–Crippen MR) is 153 cm³/mol. The first kappa shape index (κ1) is 26.8. The summed E-state index contributed by atoms with van der Waals surface area (Å²) in [7, 11) is 0. The van der Waals surface area contributed by atoms with E-state index in [4.69, 9.17) is 9.47 Å². The summed E-state index contributed by atoms with van der Waals surface area (Å²) in [5, 5.41) is 15.5. The van der Waals surface area contributed by atoms with Gasteiger partial charge in [0.15, 0.2) is 0 Å². The quantitative estimate of drug-likeness (QED) is 0.233. The van der Waals surface area contributed by atoms with E-state index in [1.807, 2.05) is 89.8 Å². The van der Waals surface area contributed by atoms with Crippen molar-refractivity contribution in [3.8, 4) is 17.2 Å². The van der Waals surface area contributed by atoms with Gasteiger partial charge in [-0.3, -0.25) is 9.69 Å². The SMILES string of the molecule is O=C(Nc1ccc(OCc2ccccc2)cc1)N[C@H]1C[C@@H](C(=O)O)N(Cc2ccc(Oc3ccccc3)cc2)C1. The minimum Gasteiger partial charge on any atom is -0.489 e. The fourth-order valence-electron chi connectivity index (χ4n) is 4.69. The third kappa shape index (κ3) is 7.39. The molecule has 1 saturated heterocycles. The van der Waals surface area contributed by atoms with Crippen molar-refractivity contribution in [2.24, 2.45) is 0 Å². The van der Waals surface area contributed by atoms with E-state index >= 15 is 0 Å². The maximum Gasteiger partial charge on any atom is 0.321 e. The number of para-hydroxylation sites is 1. The van der Waals surface area contributed by atoms with Crippen LogP contribution in [0.5, 0.6) is 17.2 Å². The highest BCUT2D eigenvalue weighted by Crippen LogP contribution is 2.25. The van der Waals surface area contributed by atoms with Crippen LogP contribution in [0.15, 0.2) is 109 Å². The number of carbonyl (C=O) groups is 2. The highest BCUT2D eigenvalue weighted by Gasteiger charge is 2.37. The number of benzene rings is 4. The molecule has 0 unspecified atom stereocenters. The largest absolute Gasteiger partial charge is 0.489 e. The summed E-state index contributed by atoms with van der Waals surface area (Å²) in [6, 6.07) is 32.8. The lowest BCUT2D eigenvalue weighted by Crippen LogP contribution is -2.39. The van der Waals surface area contributed by atoms with E-state index in [0.29, 0.717) is 43.3 Å². The molecule has 0 aliphatic carbocycles. The van der Waals surface area contributed by atoms with Crippen LogP contribution in [0, 0.1) is 0 Å². The van der Waals surface area contributed by atoms with Crippen LogP contribution in [0.1, 0.15) is 17.5 Å². The molecule has 2 amide bonds. The number of amides is 2. The van der Waals surface area contributed by atoms with E-state index in [9.17, 15) is 14.7 Å². The molecule has 1 heterocycles. The van der Waals surface area contributed by atoms with Gasteiger partial charge in [-0.1, -0.05) is 60.7 Å². The highest BCUT2D eigenvalue weighted by atomic mass is 16.5. The van der Waals surface area contributed by atoms with Gasteiger partial charge in [-0.15, -0.1) is 0 Å². The normalized spacial score (nSPS) is 16.7. The minimum atomic E-state index is -0.903. The van der Waals surface area contributed by atoms with Gasteiger partial charge >= 0.3 is 12.0 Å². The van der Waals surface area contributed by atoms with Crippen LogP contribution in [0.3, 0.4) is 0 Å². The molecule has 204 valence electrons. The molecular weight excluding hydrogens is 506 g/mol. The first-order valence-corrected chi connectivity index (χ1v) is 13.1. The van der Waals surface area contributed by atoms with Crippen molar-refractivity contribution in [2.75, 3.05) is 11.9 Å². The maximum absolute atomic E-state index is 12.7. The van der Waals surface area contributed by atoms with Crippen LogP contribution in [0.2, 0.25) is 0 Å². The Balaban J connectivity index is 1.11. The molecular formula is C32H31N3O5. The second kappa shape index (κ2) is 12.8. The van der Waals surface area contributed by atoms with Gasteiger partial charge in [-0.25, -0.2) is 4.79 Å². The summed E-state index contributed by atoms with van der Waals surface area (Å²) >= 11 is 0. The number of nitrogens with one attached hydrogen (secondary N) is 2. The lowest BCUT2D eigenvalue weighted by atomic mass is 10.1. The van der Waals surface area contributed by atoms with Crippen LogP contribution in [-0.2, 0) is 17.9 Å². The molecule has 1 fully saturated rings. The van der Waals surface area contributed by atoms with Crippen molar-refractivity contribution in [2.45, 2.75) is 31.7 Å². The van der Waals surface area contributed by atoms with Gasteiger partial charge in [-0.05, 0) is 66.1 Å². The molecule has 4 aromatic carbocycles. The number of carboxylic acid groups (broad SMARTS) is 1. The van der Waals surface area contributed by atoms with E-state index in [-0.39, 0.29) is 12.1 Å². The number of ether oxygens (including phenoxy) is 2. The summed E-state index contributed by atoms with van der Waals surface area (Å²) in [5.41, 5.74) is 2.65. The number of hydrogen-bond donors (Lipinski definition) is 3. The van der Waals surface area contributed by atoms with Crippen molar-refractivity contribution in [1.82, 2.24) is 10.2 Å². The molecule has 8 heteroatoms. The zero-order valence-electron chi connectivity index (χ0n) is 21.9. The Morgan fingerprint density at radius 2 is 1.40 bits per heavy atom. The Morgan fingerprint density at radius 3 is 2.08 bits per heavy atom. The number of urea groups is 1. The van der Waals surface area contributed by atoms with Gasteiger partial charge in [0.1, 0.15) is 29.9 Å². The molecule has 0 spiro atoms. The van der Waals surface area contributed by atoms with Crippen molar-refractivity contribution >= 4 is 17.7 Å². The lowest BCUT2D eigenvalue weighted by molar-refractivity contribution is -0.142. The number of carboxylic acids is 1. The fourth-order valence-corrected chi connectivity index (χ4v) is 4.69. The van der Waals surface area contributed by atoms with Crippen LogP contribution >= 0.6 is 0 Å². The van der Waals surface area contributed by atoms with Crippen molar-refractivity contribution in [3.05, 3.63) is 120 Å². The molecule has 8 nitrogen and oxygen atoms in total. The van der Waals surface area contributed by atoms with Gasteiger partial charge in [-0.2, -0.15) is 0 Å². The molecule has 1 aliphatic heterocycles. The van der Waals surface area contributed by atoms with Crippen molar-refractivity contribution < 1.29 is 24.2 Å². The Morgan fingerprint density at radius 1 is 0.775 bits per heavy atom. The molecule has 2 atom stereocenters. The molecule has 5 rings (SSSR count). The van der Waals surface area contributed by atoms with Crippen LogP contribution in [0.4, 0.5) is 10.5 Å². The van der Waals surface area contributed by atoms with Crippen LogP contribution < -0.4 is 20.1 Å². The number of rotatable bonds is 10. The van der Waals surface area contributed by atoms with E-state index < -0.39 is 12.0 Å². The number of likely N-dealkylation sites (tertiary alicyclic amines) is 1. The Labute approximate surface area is 233 Å². The third-order valence-electron chi connectivity index (χ3n) is 6.67. The lowest BCUT2D eigenvalue weighted by Gasteiger charge is -2.21. The molecule has 40 heavy (non-hydrogen) atoms. The van der Waals surface area contributed by atoms with E-state index in [2.05, 4.69) is 10.6 Å². The first-order valence-electron chi connectivity index (χ1n) is 13.1. The van der Waals surface area contributed by atoms with Gasteiger partial charge < -0.3 is 25.2 Å². The topological polar surface area (TPSA) is 100 Å². The first-order chi connectivity index (χ1) is 19.5. The minimum absolute atomic E-state index is 0.296. The maximum atomic E-state index is 12.7. The standard InChI is InChI=1S/C32H31N3O5/c36-31(37)30-19-26(21-35(30)20-23-11-15-29(16-12-23)40-28-9-5-2-6-10-28)34-32(38)33-25-13-17-27(18-14-25)39-22-24-7-3-1-4-8-24/h1-18,26,30H,19-22H2,(H,36,37)(H2,33,34,38)/t26-,30-/m0/s1. The smallest absolute Gasteiger partial charge is 0.321 e. The van der Waals surface area contributed by atoms with Crippen molar-refractivity contribution in [3.63, 3.8) is 0 Å². The molecule has 1 aliphatic rings. The average molecular weight is 538 g/mol. The molecule has 0 aromatic heterocycles. The van der Waals surface area contributed by atoms with E-state index in [0.717, 1.165) is 16.9 Å². The second-order valence-electron chi connectivity index (χ2n) is 9.67. The Bertz CT molecular complexity index is 1400. The average Bonchev–Trinajstić information content (AvgIpc) is 3.37. The number of anilines is 1. The summed E-state index contributed by atoms with van der Waals surface area (Å²) in [6.07, 6.45) is 0.324. The molecule has 3 N–H and O–H groups in total. The number of hydrogen-bond acceptors (Lipinski definition) is 5. The summed E-state index contributed by atoms with van der Waals surface area (Å²) in [6.45, 7) is 1.34. The second-order valence-corrected chi connectivity index (χ2v) is 9.67. The zero-order chi connectivity index (χ0) is 27.7. The molecule has 0 saturated carbocycles. The van der Waals surface area contributed by atoms with Crippen LogP contribution in [0.25, 0.3) is 0 Å². The predicted octanol–water partition coefficient (Wildman–Crippen LogP) is 5.91. The molecule has 0 bridgehead atoms. The number of carbonyl (C=O) groups excluding carboxylic acids is 1. The highest BCUT2D eigenvalue weighted by molar-refractivity contribution is 5.89. The van der Waals surface area contributed by atoms with Crippen molar-refractivity contribution in [1.29, 1.82) is 0 Å². The van der Waals surface area contributed by atoms with Gasteiger partial charge in [0.05, 0.1) is 0 Å². The third-order valence-corrected chi connectivity index (χ3v) is 6.67. The summed E-state index contributed by atoms with van der Waals surface area (Å²) in [5.74, 6) is 1.25. The number of aliphatic carboxylic acids is 1. The van der Waals surface area contributed by atoms with Gasteiger partial charge in [0.25, 0.3) is 0 Å².